The van der Waals surface area contributed by atoms with Crippen molar-refractivity contribution in [2.24, 2.45) is 5.10 Å². The Labute approximate surface area is 193 Å². The minimum Gasteiger partial charge on any atom is -0.490 e. The molecule has 6 nitrogen and oxygen atoms in total. The van der Waals surface area contributed by atoms with E-state index in [4.69, 9.17) is 25.5 Å². The second-order valence-corrected chi connectivity index (χ2v) is 8.19. The molecule has 0 saturated carbocycles. The first-order valence-corrected chi connectivity index (χ1v) is 11.0. The van der Waals surface area contributed by atoms with Crippen molar-refractivity contribution in [1.29, 1.82) is 0 Å². The lowest BCUT2D eigenvalue weighted by Gasteiger charge is -2.18. The Bertz CT molecular complexity index is 1080. The van der Waals surface area contributed by atoms with Crippen molar-refractivity contribution in [1.82, 2.24) is 5.43 Å². The Morgan fingerprint density at radius 1 is 1.30 bits per heavy atom. The molecule has 1 atom stereocenters. The van der Waals surface area contributed by atoms with Crippen molar-refractivity contribution in [2.45, 2.75) is 33.3 Å². The van der Waals surface area contributed by atoms with Gasteiger partial charge < -0.3 is 13.9 Å². The minimum atomic E-state index is -0.449. The molecule has 3 rings (SSSR count). The number of hydrazone groups is 1. The second-order valence-electron chi connectivity index (χ2n) is 6.59. The maximum absolute atomic E-state index is 12.3. The third-order valence-corrected chi connectivity index (χ3v) is 5.34. The molecule has 0 aliphatic heterocycles. The predicted molar refractivity (Wildman–Crippen MR) is 127 cm³/mol. The molecule has 0 bridgehead atoms. The van der Waals surface area contributed by atoms with Crippen molar-refractivity contribution in [3.63, 3.8) is 0 Å². The number of rotatable bonds is 8. The fraction of sp³-hybridized carbons (Fsp3) is 0.273. The summed E-state index contributed by atoms with van der Waals surface area (Å²) in [7, 11) is 0. The van der Waals surface area contributed by atoms with Crippen molar-refractivity contribution in [3.05, 3.63) is 56.3 Å². The number of nitrogens with zero attached hydrogens (tertiary/aromatic N) is 1. The molecule has 1 aromatic heterocycles. The highest BCUT2D eigenvalue weighted by molar-refractivity contribution is 14.1. The van der Waals surface area contributed by atoms with Gasteiger partial charge in [0.15, 0.2) is 17.3 Å². The molecule has 158 valence electrons. The quantitative estimate of drug-likeness (QED) is 0.215. The van der Waals surface area contributed by atoms with Crippen LogP contribution in [0.25, 0.3) is 11.0 Å². The van der Waals surface area contributed by atoms with Crippen molar-refractivity contribution in [3.8, 4) is 11.5 Å². The van der Waals surface area contributed by atoms with Gasteiger partial charge in [0.25, 0.3) is 0 Å². The molecule has 3 aromatic rings. The molecule has 2 aromatic carbocycles. The zero-order chi connectivity index (χ0) is 21.7. The zero-order valence-electron chi connectivity index (χ0n) is 16.9. The Kier molecular flexibility index (Phi) is 7.60. The molecule has 0 aliphatic carbocycles. The molecule has 0 aliphatic rings. The number of fused-ring (bicyclic) bond motifs is 1. The van der Waals surface area contributed by atoms with E-state index in [1.54, 1.807) is 30.5 Å². The van der Waals surface area contributed by atoms with E-state index in [-0.39, 0.29) is 11.9 Å². The van der Waals surface area contributed by atoms with E-state index in [2.05, 4.69) is 40.0 Å². The lowest BCUT2D eigenvalue weighted by Crippen LogP contribution is -2.16. The summed E-state index contributed by atoms with van der Waals surface area (Å²) in [5.41, 5.74) is 3.84. The number of halogens is 2. The summed E-state index contributed by atoms with van der Waals surface area (Å²) < 4.78 is 18.2. The van der Waals surface area contributed by atoms with Gasteiger partial charge in [-0.1, -0.05) is 18.5 Å². The van der Waals surface area contributed by atoms with Crippen LogP contribution in [-0.2, 0) is 0 Å². The normalized spacial score (nSPS) is 12.3. The van der Waals surface area contributed by atoms with Gasteiger partial charge in [0.05, 0.1) is 22.5 Å². The zero-order valence-corrected chi connectivity index (χ0v) is 19.8. The molecule has 8 heteroatoms. The molecule has 1 heterocycles. The van der Waals surface area contributed by atoms with E-state index < -0.39 is 5.91 Å². The Hall–Kier alpha value is -2.26. The molecule has 30 heavy (non-hydrogen) atoms. The Morgan fingerprint density at radius 3 is 2.83 bits per heavy atom. The predicted octanol–water partition coefficient (Wildman–Crippen LogP) is 6.03. The standard InChI is InChI=1S/C22H22ClIN2O4/c1-4-13(3)29-21-17(24)8-14(9-19(21)28-5-2)12-25-26-22(27)20-11-15-10-16(23)6-7-18(15)30-20/h6-13H,4-5H2,1-3H3,(H,26,27)/b25-12+/t13-/m0/s1. The number of hydrogen-bond acceptors (Lipinski definition) is 5. The average Bonchev–Trinajstić information content (AvgIpc) is 3.13. The van der Waals surface area contributed by atoms with Crippen LogP contribution in [0.5, 0.6) is 11.5 Å². The molecule has 0 unspecified atom stereocenters. The number of hydrogen-bond donors (Lipinski definition) is 1. The fourth-order valence-electron chi connectivity index (χ4n) is 2.67. The number of amides is 1. The van der Waals surface area contributed by atoms with Crippen molar-refractivity contribution < 1.29 is 18.7 Å². The van der Waals surface area contributed by atoms with Gasteiger partial charge in [0, 0.05) is 10.4 Å². The number of furan rings is 1. The molecule has 0 spiro atoms. The Morgan fingerprint density at radius 2 is 2.10 bits per heavy atom. The largest absolute Gasteiger partial charge is 0.490 e. The van der Waals surface area contributed by atoms with Gasteiger partial charge in [0.2, 0.25) is 0 Å². The van der Waals surface area contributed by atoms with Gasteiger partial charge in [-0.25, -0.2) is 5.43 Å². The Balaban J connectivity index is 1.75. The summed E-state index contributed by atoms with van der Waals surface area (Å²) in [6.45, 7) is 6.52. The first-order chi connectivity index (χ1) is 14.4. The first kappa shape index (κ1) is 22.4. The molecule has 0 radical (unpaired) electrons. The van der Waals surface area contributed by atoms with Crippen LogP contribution in [0, 0.1) is 3.57 Å². The number of ether oxygens (including phenoxy) is 2. The number of nitrogens with one attached hydrogen (secondary N) is 1. The summed E-state index contributed by atoms with van der Waals surface area (Å²) in [5, 5.41) is 5.38. The van der Waals surface area contributed by atoms with Crippen molar-refractivity contribution in [2.75, 3.05) is 6.61 Å². The monoisotopic (exact) mass is 540 g/mol. The van der Waals surface area contributed by atoms with Crippen LogP contribution in [0.3, 0.4) is 0 Å². The van der Waals surface area contributed by atoms with Crippen LogP contribution >= 0.6 is 34.2 Å². The number of carbonyl (C=O) groups excluding carboxylic acids is 1. The summed E-state index contributed by atoms with van der Waals surface area (Å²) in [5.74, 6) is 1.07. The van der Waals surface area contributed by atoms with Gasteiger partial charge in [-0.15, -0.1) is 0 Å². The maximum atomic E-state index is 12.3. The van der Waals surface area contributed by atoms with E-state index in [9.17, 15) is 4.79 Å². The summed E-state index contributed by atoms with van der Waals surface area (Å²) in [6.07, 6.45) is 2.52. The van der Waals surface area contributed by atoms with Crippen LogP contribution in [0.4, 0.5) is 0 Å². The number of carbonyl (C=O) groups is 1. The summed E-state index contributed by atoms with van der Waals surface area (Å²) >= 11 is 8.17. The highest BCUT2D eigenvalue weighted by Crippen LogP contribution is 2.35. The van der Waals surface area contributed by atoms with Gasteiger partial charge >= 0.3 is 5.91 Å². The topological polar surface area (TPSA) is 73.1 Å². The maximum Gasteiger partial charge on any atom is 0.307 e. The van der Waals surface area contributed by atoms with E-state index >= 15 is 0 Å². The molecular weight excluding hydrogens is 519 g/mol. The van der Waals surface area contributed by atoms with Crippen molar-refractivity contribution >= 4 is 57.3 Å². The van der Waals surface area contributed by atoms with Crippen LogP contribution < -0.4 is 14.9 Å². The first-order valence-electron chi connectivity index (χ1n) is 9.56. The molecular formula is C22H22ClIN2O4. The van der Waals surface area contributed by atoms with Gasteiger partial charge in [-0.3, -0.25) is 4.79 Å². The van der Waals surface area contributed by atoms with Gasteiger partial charge in [0.1, 0.15) is 5.58 Å². The highest BCUT2D eigenvalue weighted by Gasteiger charge is 2.15. The lowest BCUT2D eigenvalue weighted by atomic mass is 10.2. The van der Waals surface area contributed by atoms with Crippen LogP contribution in [-0.4, -0.2) is 24.8 Å². The van der Waals surface area contributed by atoms with Gasteiger partial charge in [-0.05, 0) is 84.8 Å². The molecule has 1 amide bonds. The highest BCUT2D eigenvalue weighted by atomic mass is 127. The summed E-state index contributed by atoms with van der Waals surface area (Å²) in [4.78, 5) is 12.3. The van der Waals surface area contributed by atoms with E-state index in [1.165, 1.54) is 0 Å². The third-order valence-electron chi connectivity index (χ3n) is 4.31. The summed E-state index contributed by atoms with van der Waals surface area (Å²) in [6, 6.07) is 10.5. The van der Waals surface area contributed by atoms with E-state index in [0.717, 1.165) is 20.9 Å². The molecule has 0 saturated heterocycles. The van der Waals surface area contributed by atoms with Crippen LogP contribution in [0.2, 0.25) is 5.02 Å². The van der Waals surface area contributed by atoms with Gasteiger partial charge in [-0.2, -0.15) is 5.10 Å². The average molecular weight is 541 g/mol. The minimum absolute atomic E-state index is 0.0789. The smallest absolute Gasteiger partial charge is 0.307 e. The lowest BCUT2D eigenvalue weighted by molar-refractivity contribution is 0.0929. The van der Waals surface area contributed by atoms with E-state index in [1.807, 2.05) is 26.0 Å². The number of benzene rings is 2. The van der Waals surface area contributed by atoms with E-state index in [0.29, 0.717) is 28.7 Å². The van der Waals surface area contributed by atoms with Crippen LogP contribution in [0.15, 0.2) is 45.9 Å². The second kappa shape index (κ2) is 10.2. The van der Waals surface area contributed by atoms with Crippen LogP contribution in [0.1, 0.15) is 43.3 Å². The third kappa shape index (κ3) is 5.46. The molecule has 1 N–H and O–H groups in total. The molecule has 0 fully saturated rings. The fourth-order valence-corrected chi connectivity index (χ4v) is 3.60. The SMILES string of the molecule is CCOc1cc(/C=N/NC(=O)c2cc3cc(Cl)ccc3o2)cc(I)c1O[C@@H](C)CC.